The first-order valence-corrected chi connectivity index (χ1v) is 10.0. The quantitative estimate of drug-likeness (QED) is 0.723. The average molecular weight is 396 g/mol. The number of anilines is 1. The van der Waals surface area contributed by atoms with E-state index >= 15 is 0 Å². The fraction of sp³-hybridized carbons (Fsp3) is 0.391. The molecule has 6 nitrogen and oxygen atoms in total. The van der Waals surface area contributed by atoms with Crippen LogP contribution in [0.5, 0.6) is 5.75 Å². The van der Waals surface area contributed by atoms with Gasteiger partial charge in [-0.05, 0) is 74.8 Å². The number of piperidine rings is 1. The standard InChI is InChI=1S/C23H28N2O4/c1-3-29-21-6-4-5-17(15-21)16-25-13-11-18(12-14-25)22(26)24-20-9-7-19(8-10-20)23(27)28-2/h4-10,15,18H,3,11-14,16H2,1-2H3,(H,24,26). The molecule has 1 heterocycles. The Morgan fingerprint density at radius 3 is 2.48 bits per heavy atom. The summed E-state index contributed by atoms with van der Waals surface area (Å²) in [6.45, 7) is 5.28. The highest BCUT2D eigenvalue weighted by Gasteiger charge is 2.25. The molecule has 2 aromatic carbocycles. The predicted molar refractivity (Wildman–Crippen MR) is 112 cm³/mol. The van der Waals surface area contributed by atoms with Crippen molar-refractivity contribution < 1.29 is 19.1 Å². The van der Waals surface area contributed by atoms with Crippen LogP contribution in [0.2, 0.25) is 0 Å². The van der Waals surface area contributed by atoms with Crippen LogP contribution in [0, 0.1) is 5.92 Å². The van der Waals surface area contributed by atoms with Crippen molar-refractivity contribution >= 4 is 17.6 Å². The molecular weight excluding hydrogens is 368 g/mol. The first-order chi connectivity index (χ1) is 14.1. The summed E-state index contributed by atoms with van der Waals surface area (Å²) >= 11 is 0. The van der Waals surface area contributed by atoms with Gasteiger partial charge in [-0.25, -0.2) is 4.79 Å². The van der Waals surface area contributed by atoms with E-state index in [1.54, 1.807) is 24.3 Å². The normalized spacial score (nSPS) is 15.0. The van der Waals surface area contributed by atoms with Crippen LogP contribution in [0.15, 0.2) is 48.5 Å². The molecule has 29 heavy (non-hydrogen) atoms. The first-order valence-electron chi connectivity index (χ1n) is 10.0. The number of nitrogens with zero attached hydrogens (tertiary/aromatic N) is 1. The van der Waals surface area contributed by atoms with Crippen molar-refractivity contribution in [3.8, 4) is 5.75 Å². The van der Waals surface area contributed by atoms with Crippen molar-refractivity contribution in [2.24, 2.45) is 5.92 Å². The zero-order valence-corrected chi connectivity index (χ0v) is 17.0. The van der Waals surface area contributed by atoms with Gasteiger partial charge in [0.25, 0.3) is 0 Å². The Kier molecular flexibility index (Phi) is 7.25. The topological polar surface area (TPSA) is 67.9 Å². The summed E-state index contributed by atoms with van der Waals surface area (Å²) in [4.78, 5) is 26.4. The van der Waals surface area contributed by atoms with E-state index in [0.29, 0.717) is 17.9 Å². The Morgan fingerprint density at radius 1 is 1.10 bits per heavy atom. The van der Waals surface area contributed by atoms with Gasteiger partial charge in [-0.15, -0.1) is 0 Å². The van der Waals surface area contributed by atoms with Crippen LogP contribution in [0.25, 0.3) is 0 Å². The number of benzene rings is 2. The second-order valence-electron chi connectivity index (χ2n) is 7.19. The van der Waals surface area contributed by atoms with Gasteiger partial charge in [0.15, 0.2) is 0 Å². The van der Waals surface area contributed by atoms with Gasteiger partial charge in [0.1, 0.15) is 5.75 Å². The minimum absolute atomic E-state index is 0.00120. The molecule has 0 spiro atoms. The fourth-order valence-corrected chi connectivity index (χ4v) is 3.56. The first kappa shape index (κ1) is 20.9. The van der Waals surface area contributed by atoms with Gasteiger partial charge in [-0.2, -0.15) is 0 Å². The molecule has 1 amide bonds. The van der Waals surface area contributed by atoms with Crippen LogP contribution in [0.4, 0.5) is 5.69 Å². The Labute approximate surface area is 171 Å². The lowest BCUT2D eigenvalue weighted by atomic mass is 9.95. The van der Waals surface area contributed by atoms with Crippen molar-refractivity contribution in [1.82, 2.24) is 4.90 Å². The fourth-order valence-electron chi connectivity index (χ4n) is 3.56. The maximum atomic E-state index is 12.6. The molecule has 2 aromatic rings. The number of nitrogens with one attached hydrogen (secondary N) is 1. The molecule has 0 saturated carbocycles. The number of rotatable bonds is 7. The Hall–Kier alpha value is -2.86. The number of esters is 1. The summed E-state index contributed by atoms with van der Waals surface area (Å²) in [5, 5.41) is 2.96. The summed E-state index contributed by atoms with van der Waals surface area (Å²) in [5.74, 6) is 0.551. The Morgan fingerprint density at radius 2 is 1.83 bits per heavy atom. The van der Waals surface area contributed by atoms with Crippen molar-refractivity contribution in [2.75, 3.05) is 32.1 Å². The number of hydrogen-bond acceptors (Lipinski definition) is 5. The van der Waals surface area contributed by atoms with Gasteiger partial charge in [0.2, 0.25) is 5.91 Å². The zero-order chi connectivity index (χ0) is 20.6. The molecule has 0 aliphatic carbocycles. The van der Waals surface area contributed by atoms with E-state index in [0.717, 1.165) is 38.2 Å². The van der Waals surface area contributed by atoms with Crippen molar-refractivity contribution in [3.63, 3.8) is 0 Å². The molecule has 1 aliphatic rings. The maximum absolute atomic E-state index is 12.6. The summed E-state index contributed by atoms with van der Waals surface area (Å²) < 4.78 is 10.3. The van der Waals surface area contributed by atoms with Crippen LogP contribution in [0.1, 0.15) is 35.7 Å². The van der Waals surface area contributed by atoms with Crippen molar-refractivity contribution in [3.05, 3.63) is 59.7 Å². The molecular formula is C23H28N2O4. The molecule has 3 rings (SSSR count). The monoisotopic (exact) mass is 396 g/mol. The van der Waals surface area contributed by atoms with Crippen LogP contribution in [-0.4, -0.2) is 43.6 Å². The number of likely N-dealkylation sites (tertiary alicyclic amines) is 1. The van der Waals surface area contributed by atoms with Crippen molar-refractivity contribution in [2.45, 2.75) is 26.3 Å². The zero-order valence-electron chi connectivity index (χ0n) is 17.0. The molecule has 1 saturated heterocycles. The third-order valence-corrected chi connectivity index (χ3v) is 5.15. The molecule has 0 radical (unpaired) electrons. The van der Waals surface area contributed by atoms with Crippen LogP contribution < -0.4 is 10.1 Å². The highest BCUT2D eigenvalue weighted by Crippen LogP contribution is 2.22. The molecule has 154 valence electrons. The molecule has 0 atom stereocenters. The van der Waals surface area contributed by atoms with E-state index in [4.69, 9.17) is 4.74 Å². The summed E-state index contributed by atoms with van der Waals surface area (Å²) in [5.41, 5.74) is 2.38. The number of hydrogen-bond donors (Lipinski definition) is 1. The second kappa shape index (κ2) is 10.1. The number of carbonyl (C=O) groups excluding carboxylic acids is 2. The number of methoxy groups -OCH3 is 1. The predicted octanol–water partition coefficient (Wildman–Crippen LogP) is 3.72. The Balaban J connectivity index is 1.48. The lowest BCUT2D eigenvalue weighted by Gasteiger charge is -2.31. The third-order valence-electron chi connectivity index (χ3n) is 5.15. The van der Waals surface area contributed by atoms with Gasteiger partial charge >= 0.3 is 5.97 Å². The van der Waals surface area contributed by atoms with Crippen molar-refractivity contribution in [1.29, 1.82) is 0 Å². The minimum Gasteiger partial charge on any atom is -0.494 e. The number of carbonyl (C=O) groups is 2. The largest absolute Gasteiger partial charge is 0.494 e. The van der Waals surface area contributed by atoms with Gasteiger partial charge in [-0.1, -0.05) is 12.1 Å². The molecule has 0 aromatic heterocycles. The van der Waals surface area contributed by atoms with E-state index in [9.17, 15) is 9.59 Å². The maximum Gasteiger partial charge on any atom is 0.337 e. The molecule has 1 aliphatic heterocycles. The molecule has 0 bridgehead atoms. The van der Waals surface area contributed by atoms with Gasteiger partial charge in [0, 0.05) is 18.2 Å². The van der Waals surface area contributed by atoms with Crippen LogP contribution >= 0.6 is 0 Å². The minimum atomic E-state index is -0.387. The van der Waals surface area contributed by atoms with Gasteiger partial charge < -0.3 is 14.8 Å². The molecule has 0 unspecified atom stereocenters. The molecule has 1 N–H and O–H groups in total. The molecule has 6 heteroatoms. The molecule has 1 fully saturated rings. The summed E-state index contributed by atoms with van der Waals surface area (Å²) in [6.07, 6.45) is 1.66. The van der Waals surface area contributed by atoms with Gasteiger partial charge in [-0.3, -0.25) is 9.69 Å². The van der Waals surface area contributed by atoms with Crippen LogP contribution in [0.3, 0.4) is 0 Å². The smallest absolute Gasteiger partial charge is 0.337 e. The highest BCUT2D eigenvalue weighted by molar-refractivity contribution is 5.94. The van der Waals surface area contributed by atoms with E-state index < -0.39 is 0 Å². The van der Waals surface area contributed by atoms with E-state index in [1.807, 2.05) is 19.1 Å². The van der Waals surface area contributed by atoms with E-state index in [2.05, 4.69) is 27.1 Å². The number of ether oxygens (including phenoxy) is 2. The van der Waals surface area contributed by atoms with E-state index in [1.165, 1.54) is 12.7 Å². The lowest BCUT2D eigenvalue weighted by Crippen LogP contribution is -2.37. The SMILES string of the molecule is CCOc1cccc(CN2CCC(C(=O)Nc3ccc(C(=O)OC)cc3)CC2)c1. The summed E-state index contributed by atoms with van der Waals surface area (Å²) in [6, 6.07) is 14.9. The summed E-state index contributed by atoms with van der Waals surface area (Å²) in [7, 11) is 1.35. The van der Waals surface area contributed by atoms with Gasteiger partial charge in [0.05, 0.1) is 19.3 Å². The third kappa shape index (κ3) is 5.81. The van der Waals surface area contributed by atoms with E-state index in [-0.39, 0.29) is 17.8 Å². The number of amides is 1. The average Bonchev–Trinajstić information content (AvgIpc) is 2.75. The second-order valence-corrected chi connectivity index (χ2v) is 7.19. The van der Waals surface area contributed by atoms with Crippen LogP contribution in [-0.2, 0) is 16.1 Å². The lowest BCUT2D eigenvalue weighted by molar-refractivity contribution is -0.121. The highest BCUT2D eigenvalue weighted by atomic mass is 16.5. The Bertz CT molecular complexity index is 827.